The molecule has 3 heterocycles. The van der Waals surface area contributed by atoms with Crippen LogP contribution in [0.2, 0.25) is 0 Å². The van der Waals surface area contributed by atoms with Gasteiger partial charge >= 0.3 is 5.97 Å². The number of hydrogen-bond donors (Lipinski definition) is 5. The van der Waals surface area contributed by atoms with E-state index in [-0.39, 0.29) is 49.4 Å². The van der Waals surface area contributed by atoms with E-state index in [0.29, 0.717) is 12.1 Å². The highest BCUT2D eigenvalue weighted by Crippen LogP contribution is 2.39. The first-order valence-electron chi connectivity index (χ1n) is 19.0. The zero-order chi connectivity index (χ0) is 38.1. The summed E-state index contributed by atoms with van der Waals surface area (Å²) >= 11 is 0. The van der Waals surface area contributed by atoms with Crippen LogP contribution < -0.4 is 10.2 Å². The summed E-state index contributed by atoms with van der Waals surface area (Å²) in [6.45, 7) is 15.1. The van der Waals surface area contributed by atoms with Gasteiger partial charge in [-0.2, -0.15) is 0 Å². The highest BCUT2D eigenvalue weighted by Gasteiger charge is 2.54. The van der Waals surface area contributed by atoms with Crippen LogP contribution in [-0.2, 0) is 30.3 Å². The molecule has 3 aliphatic heterocycles. The van der Waals surface area contributed by atoms with Gasteiger partial charge in [0.1, 0.15) is 18.3 Å². The lowest BCUT2D eigenvalue weighted by molar-refractivity contribution is -0.151. The first kappa shape index (κ1) is 42.1. The summed E-state index contributed by atoms with van der Waals surface area (Å²) in [6.07, 6.45) is 7.33. The van der Waals surface area contributed by atoms with Gasteiger partial charge in [-0.15, -0.1) is 0 Å². The van der Waals surface area contributed by atoms with Gasteiger partial charge in [0.2, 0.25) is 0 Å². The molecule has 5 N–H and O–H groups in total. The van der Waals surface area contributed by atoms with E-state index in [0.717, 1.165) is 44.7 Å². The Hall–Kier alpha value is -2.61. The van der Waals surface area contributed by atoms with Crippen LogP contribution >= 0.6 is 0 Å². The molecule has 0 bridgehead atoms. The number of benzene rings is 1. The number of ether oxygens (including phenoxy) is 4. The van der Waals surface area contributed by atoms with E-state index in [9.17, 15) is 25.2 Å². The van der Waals surface area contributed by atoms with Gasteiger partial charge in [-0.3, -0.25) is 4.79 Å². The molecule has 1 aromatic rings. The number of aliphatic hydroxyl groups is 4. The number of rotatable bonds is 13. The summed E-state index contributed by atoms with van der Waals surface area (Å²) in [5.74, 6) is -0.763. The number of methoxy groups -OCH3 is 1. The molecule has 2 unspecified atom stereocenters. The van der Waals surface area contributed by atoms with Gasteiger partial charge in [0.15, 0.2) is 0 Å². The van der Waals surface area contributed by atoms with Crippen molar-refractivity contribution in [3.05, 3.63) is 65.8 Å². The lowest BCUT2D eigenvalue weighted by atomic mass is 9.87. The summed E-state index contributed by atoms with van der Waals surface area (Å²) < 4.78 is 23.5. The minimum atomic E-state index is -1.45. The molecule has 1 aromatic carbocycles. The number of esters is 1. The normalized spacial score (nSPS) is 33.2. The molecule has 0 spiro atoms. The molecular weight excluding hydrogens is 664 g/mol. The van der Waals surface area contributed by atoms with Crippen molar-refractivity contribution >= 4 is 11.7 Å². The standard InChI is InChI=1S/C41H64N2O9/c1-8-33(49-7)29(4)37-38(52-37)39(42-26-30-13-15-31(16-14-30)43-21-10-23-50-24-22-43)41(6,48)19-9-11-27(2)36-28(3)12-17-34(45)40(5,47)20-18-32(44)25-35(46)51-36/h9,11-17,19,28-29,32-34,36-39,42,44-45,47-48H,8,10,18,20-26H2,1-7H3/b17-12+,19-9+,27-11+/t28-,29+,32+,33-,34-,36+,37+,38-,39?,40+,41?/m0/s1. The monoisotopic (exact) mass is 728 g/mol. The summed E-state index contributed by atoms with van der Waals surface area (Å²) in [5.41, 5.74) is 0.196. The van der Waals surface area contributed by atoms with Gasteiger partial charge in [0.05, 0.1) is 48.6 Å². The van der Waals surface area contributed by atoms with Crippen LogP contribution in [0.15, 0.2) is 60.2 Å². The van der Waals surface area contributed by atoms with Crippen LogP contribution in [-0.4, -0.2) is 114 Å². The van der Waals surface area contributed by atoms with Crippen molar-refractivity contribution in [2.75, 3.05) is 38.3 Å². The number of nitrogens with one attached hydrogen (secondary N) is 1. The Kier molecular flexibility index (Phi) is 15.5. The quantitative estimate of drug-likeness (QED) is 0.0860. The van der Waals surface area contributed by atoms with E-state index >= 15 is 0 Å². The van der Waals surface area contributed by atoms with E-state index in [1.807, 2.05) is 13.8 Å². The van der Waals surface area contributed by atoms with Gasteiger partial charge in [-0.1, -0.05) is 63.3 Å². The Labute approximate surface area is 310 Å². The van der Waals surface area contributed by atoms with E-state index in [4.69, 9.17) is 18.9 Å². The zero-order valence-corrected chi connectivity index (χ0v) is 32.2. The van der Waals surface area contributed by atoms with Crippen LogP contribution in [0.3, 0.4) is 0 Å². The fourth-order valence-corrected chi connectivity index (χ4v) is 7.39. The topological polar surface area (TPSA) is 153 Å². The molecule has 4 rings (SSSR count). The number of nitrogens with zero attached hydrogens (tertiary/aromatic N) is 1. The predicted octanol–water partition coefficient (Wildman–Crippen LogP) is 4.21. The first-order valence-corrected chi connectivity index (χ1v) is 19.0. The number of allylic oxidation sites excluding steroid dienone is 2. The zero-order valence-electron chi connectivity index (χ0n) is 32.2. The fraction of sp³-hybridized carbons (Fsp3) is 0.683. The van der Waals surface area contributed by atoms with Gasteiger partial charge < -0.3 is 49.6 Å². The summed E-state index contributed by atoms with van der Waals surface area (Å²) in [7, 11) is 1.72. The number of anilines is 1. The largest absolute Gasteiger partial charge is 0.457 e. The summed E-state index contributed by atoms with van der Waals surface area (Å²) in [4.78, 5) is 15.2. The second-order valence-corrected chi connectivity index (χ2v) is 15.4. The molecule has 2 fully saturated rings. The molecule has 11 atom stereocenters. The molecule has 52 heavy (non-hydrogen) atoms. The molecule has 0 amide bonds. The average molecular weight is 729 g/mol. The van der Waals surface area contributed by atoms with Crippen molar-refractivity contribution < 1.29 is 44.2 Å². The molecule has 3 aliphatic rings. The van der Waals surface area contributed by atoms with Crippen molar-refractivity contribution in [3.8, 4) is 0 Å². The number of carbonyl (C=O) groups excluding carboxylic acids is 1. The second kappa shape index (κ2) is 19.1. The fourth-order valence-electron chi connectivity index (χ4n) is 7.39. The minimum absolute atomic E-state index is 0.0386. The lowest BCUT2D eigenvalue weighted by Crippen LogP contribution is -2.52. The highest BCUT2D eigenvalue weighted by molar-refractivity contribution is 5.70. The Bertz CT molecular complexity index is 1350. The van der Waals surface area contributed by atoms with Crippen LogP contribution in [0.5, 0.6) is 0 Å². The van der Waals surface area contributed by atoms with Crippen molar-refractivity contribution in [3.63, 3.8) is 0 Å². The van der Waals surface area contributed by atoms with Crippen molar-refractivity contribution in [2.45, 2.75) is 134 Å². The molecule has 0 aliphatic carbocycles. The van der Waals surface area contributed by atoms with E-state index in [1.165, 1.54) is 18.7 Å². The van der Waals surface area contributed by atoms with E-state index in [1.54, 1.807) is 38.3 Å². The predicted molar refractivity (Wildman–Crippen MR) is 202 cm³/mol. The van der Waals surface area contributed by atoms with Crippen molar-refractivity contribution in [1.29, 1.82) is 0 Å². The SMILES string of the molecule is CC[C@H](OC)[C@@H](C)[C@H]1O[C@@H]1C(NCc1ccc(N2CCCOCC2)cc1)C(C)(O)/C=C/C=C(\C)[C@H]1OC(=O)C[C@H](O)CC[C@@](C)(O)[C@@H](O)/C=C/[C@@H]1C. The Balaban J connectivity index is 1.52. The number of epoxide rings is 1. The number of hydrogen-bond acceptors (Lipinski definition) is 11. The third kappa shape index (κ3) is 11.7. The Morgan fingerprint density at radius 1 is 1.17 bits per heavy atom. The van der Waals surface area contributed by atoms with Crippen LogP contribution in [0, 0.1) is 11.8 Å². The van der Waals surface area contributed by atoms with Gasteiger partial charge in [-0.05, 0) is 69.7 Å². The maximum atomic E-state index is 12.8. The molecule has 292 valence electrons. The summed E-state index contributed by atoms with van der Waals surface area (Å²) in [6, 6.07) is 8.07. The first-order chi connectivity index (χ1) is 24.7. The van der Waals surface area contributed by atoms with Crippen LogP contribution in [0.25, 0.3) is 0 Å². The van der Waals surface area contributed by atoms with Gasteiger partial charge in [-0.25, -0.2) is 0 Å². The minimum Gasteiger partial charge on any atom is -0.457 e. The van der Waals surface area contributed by atoms with Gasteiger partial charge in [0, 0.05) is 50.9 Å². The van der Waals surface area contributed by atoms with Gasteiger partial charge in [0.25, 0.3) is 0 Å². The van der Waals surface area contributed by atoms with Crippen molar-refractivity contribution in [2.24, 2.45) is 11.8 Å². The smallest absolute Gasteiger partial charge is 0.309 e. The number of cyclic esters (lactones) is 1. The third-order valence-corrected chi connectivity index (χ3v) is 11.0. The molecule has 11 nitrogen and oxygen atoms in total. The molecule has 0 radical (unpaired) electrons. The van der Waals surface area contributed by atoms with Crippen LogP contribution in [0.1, 0.15) is 79.2 Å². The summed E-state index contributed by atoms with van der Waals surface area (Å²) in [5, 5.41) is 47.4. The van der Waals surface area contributed by atoms with Crippen LogP contribution in [0.4, 0.5) is 5.69 Å². The molecule has 0 saturated carbocycles. The van der Waals surface area contributed by atoms with E-state index < -0.39 is 41.5 Å². The van der Waals surface area contributed by atoms with Crippen molar-refractivity contribution in [1.82, 2.24) is 5.32 Å². The third-order valence-electron chi connectivity index (χ3n) is 11.0. The molecule has 11 heteroatoms. The number of carbonyl (C=O) groups is 1. The maximum Gasteiger partial charge on any atom is 0.309 e. The molecule has 2 saturated heterocycles. The second-order valence-electron chi connectivity index (χ2n) is 15.4. The Morgan fingerprint density at radius 2 is 1.90 bits per heavy atom. The molecular formula is C41H64N2O9. The lowest BCUT2D eigenvalue weighted by Gasteiger charge is -2.31. The Morgan fingerprint density at radius 3 is 2.60 bits per heavy atom. The highest BCUT2D eigenvalue weighted by atomic mass is 16.6. The molecule has 0 aromatic heterocycles. The maximum absolute atomic E-state index is 12.8. The average Bonchev–Trinajstić information content (AvgIpc) is 3.93. The number of aliphatic hydroxyl groups excluding tert-OH is 2. The van der Waals surface area contributed by atoms with E-state index in [2.05, 4.69) is 48.3 Å².